The number of aliphatic hydroxyl groups is 6. The van der Waals surface area contributed by atoms with Gasteiger partial charge in [-0.3, -0.25) is 9.97 Å². The molecule has 72 heavy (non-hydrogen) atoms. The molecule has 0 aliphatic rings. The smallest absolute Gasteiger partial charge is 0.414 e. The number of nitrogens with zero attached hydrogens (tertiary/aromatic N) is 2. The van der Waals surface area contributed by atoms with E-state index in [4.69, 9.17) is 78.4 Å². The highest BCUT2D eigenvalue weighted by Gasteiger charge is 2.17. The first-order valence-electron chi connectivity index (χ1n) is 21.2. The average Bonchev–Trinajstić information content (AvgIpc) is 3.34. The van der Waals surface area contributed by atoms with Gasteiger partial charge in [-0.1, -0.05) is 36.4 Å². The van der Waals surface area contributed by atoms with Crippen LogP contribution in [0.4, 0.5) is 0 Å². The molecule has 0 saturated carbocycles. The third-order valence-electron chi connectivity index (χ3n) is 8.87. The van der Waals surface area contributed by atoms with Crippen molar-refractivity contribution in [2.45, 2.75) is 66.3 Å². The molecule has 4 rings (SSSR count). The average molecular weight is 1020 g/mol. The molecular weight excluding hydrogens is 961 g/mol. The molecular formula is C46H62N4O22. The third kappa shape index (κ3) is 26.4. The monoisotopic (exact) mass is 1020 g/mol. The third-order valence-corrected chi connectivity index (χ3v) is 8.87. The van der Waals surface area contributed by atoms with Crippen molar-refractivity contribution in [1.29, 1.82) is 0 Å². The summed E-state index contributed by atoms with van der Waals surface area (Å²) >= 11 is 0. The molecule has 2 aromatic carbocycles. The van der Waals surface area contributed by atoms with Gasteiger partial charge in [0.25, 0.3) is 0 Å². The van der Waals surface area contributed by atoms with Gasteiger partial charge in [-0.2, -0.15) is 0 Å². The van der Waals surface area contributed by atoms with Crippen molar-refractivity contribution < 1.29 is 109 Å². The molecule has 2 heterocycles. The lowest BCUT2D eigenvalue weighted by molar-refractivity contribution is -0.159. The molecule has 0 aliphatic heterocycles. The van der Waals surface area contributed by atoms with Gasteiger partial charge in [-0.15, -0.1) is 0 Å². The van der Waals surface area contributed by atoms with Crippen molar-refractivity contribution in [3.05, 3.63) is 106 Å². The number of aryl methyl sites for hydroxylation is 4. The number of rotatable bonds is 22. The van der Waals surface area contributed by atoms with Crippen molar-refractivity contribution >= 4 is 35.8 Å². The van der Waals surface area contributed by atoms with Gasteiger partial charge in [0, 0.05) is 60.8 Å². The molecule has 2 aromatic heterocycles. The van der Waals surface area contributed by atoms with Crippen LogP contribution in [-0.2, 0) is 55.2 Å². The fraction of sp³-hybridized carbons (Fsp3) is 0.391. The number of aliphatic carboxylic acids is 6. The Morgan fingerprint density at radius 1 is 0.486 bits per heavy atom. The van der Waals surface area contributed by atoms with Crippen molar-refractivity contribution in [3.63, 3.8) is 0 Å². The first kappa shape index (κ1) is 64.4. The Bertz CT molecular complexity index is 2100. The van der Waals surface area contributed by atoms with E-state index in [1.807, 2.05) is 62.4 Å². The van der Waals surface area contributed by atoms with Crippen molar-refractivity contribution in [2.24, 2.45) is 0 Å². The number of aromatic nitrogens is 2. The number of pyridine rings is 2. The van der Waals surface area contributed by atoms with Gasteiger partial charge in [0.2, 0.25) is 0 Å². The highest BCUT2D eigenvalue weighted by atomic mass is 16.5. The number of hydrogen-bond donors (Lipinski definition) is 14. The van der Waals surface area contributed by atoms with E-state index in [-0.39, 0.29) is 39.6 Å². The molecule has 14 N–H and O–H groups in total. The van der Waals surface area contributed by atoms with Crippen LogP contribution in [0.1, 0.15) is 44.8 Å². The van der Waals surface area contributed by atoms with Gasteiger partial charge in [0.15, 0.2) is 0 Å². The van der Waals surface area contributed by atoms with Gasteiger partial charge < -0.3 is 90.9 Å². The maximum atomic E-state index is 10.1. The second-order valence-electron chi connectivity index (χ2n) is 14.4. The van der Waals surface area contributed by atoms with Crippen LogP contribution in [0.25, 0.3) is 0 Å². The van der Waals surface area contributed by atoms with Gasteiger partial charge >= 0.3 is 35.8 Å². The normalized spacial score (nSPS) is 10.9. The highest BCUT2D eigenvalue weighted by molar-refractivity contribution is 6.28. The summed E-state index contributed by atoms with van der Waals surface area (Å²) in [5.41, 5.74) is 5.39. The highest BCUT2D eigenvalue weighted by Crippen LogP contribution is 2.27. The molecule has 26 nitrogen and oxygen atoms in total. The van der Waals surface area contributed by atoms with Crippen LogP contribution in [0.2, 0.25) is 0 Å². The topological polar surface area (TPSA) is 432 Å². The van der Waals surface area contributed by atoms with Gasteiger partial charge in [0.05, 0.1) is 37.8 Å². The lowest BCUT2D eigenvalue weighted by Crippen LogP contribution is -2.34. The van der Waals surface area contributed by atoms with E-state index in [2.05, 4.69) is 20.6 Å². The molecule has 0 spiro atoms. The van der Waals surface area contributed by atoms with E-state index in [0.717, 1.165) is 22.6 Å². The zero-order chi connectivity index (χ0) is 54.8. The summed E-state index contributed by atoms with van der Waals surface area (Å²) in [6.07, 6.45) is 1.57. The molecule has 0 bridgehead atoms. The van der Waals surface area contributed by atoms with E-state index in [1.165, 1.54) is 12.4 Å². The minimum Gasteiger partial charge on any atom is -0.492 e. The van der Waals surface area contributed by atoms with Gasteiger partial charge in [-0.05, 0) is 51.0 Å². The number of carboxylic acids is 6. The van der Waals surface area contributed by atoms with E-state index < -0.39 is 48.0 Å². The van der Waals surface area contributed by atoms with E-state index in [0.29, 0.717) is 84.5 Å². The summed E-state index contributed by atoms with van der Waals surface area (Å²) in [7, 11) is 0. The van der Waals surface area contributed by atoms with E-state index in [1.54, 1.807) is 13.8 Å². The minimum atomic E-state index is -1.82. The first-order valence-corrected chi connectivity index (χ1v) is 21.2. The lowest BCUT2D eigenvalue weighted by atomic mass is 10.1. The maximum Gasteiger partial charge on any atom is 0.414 e. The second kappa shape index (κ2) is 36.4. The Morgan fingerprint density at radius 2 is 0.792 bits per heavy atom. The van der Waals surface area contributed by atoms with E-state index in [9.17, 15) is 30.6 Å². The fourth-order valence-electron chi connectivity index (χ4n) is 5.27. The molecule has 2 atom stereocenters. The number of hydrogen-bond acceptors (Lipinski definition) is 20. The summed E-state index contributed by atoms with van der Waals surface area (Å²) in [6.45, 7) is 9.46. The van der Waals surface area contributed by atoms with Crippen LogP contribution in [0.3, 0.4) is 0 Å². The Hall–Kier alpha value is -7.56. The maximum absolute atomic E-state index is 10.1. The predicted molar refractivity (Wildman–Crippen MR) is 250 cm³/mol. The Labute approximate surface area is 412 Å². The number of ether oxygens (including phenoxy) is 4. The number of carboxylic acid groups (broad SMARTS) is 6. The van der Waals surface area contributed by atoms with Crippen LogP contribution in [0.15, 0.2) is 60.9 Å². The lowest BCUT2D eigenvalue weighted by Gasteiger charge is -2.18. The quantitative estimate of drug-likeness (QED) is 0.0353. The number of benzene rings is 2. The summed E-state index contributed by atoms with van der Waals surface area (Å²) in [5.74, 6) is -8.42. The SMILES string of the molecule is Cc1ccccc1OCCNCC(O)COc1c(C)ncc(CO)c1CO.Cc1ccccc1OCCNCC(O)COc1c(C)ncc(CO)c1CO.O=C(O)C(=O)O.O=C(O)C(=O)O.O=C(O)C(=O)O. The molecule has 0 amide bonds. The van der Waals surface area contributed by atoms with Crippen LogP contribution in [0, 0.1) is 27.7 Å². The molecule has 26 heteroatoms. The molecule has 0 aliphatic carbocycles. The fourth-order valence-corrected chi connectivity index (χ4v) is 5.27. The first-order chi connectivity index (χ1) is 34.1. The molecule has 398 valence electrons. The number of nitrogens with one attached hydrogen (secondary N) is 2. The van der Waals surface area contributed by atoms with Crippen molar-refractivity contribution in [2.75, 3.05) is 52.6 Å². The standard InChI is InChI=1S/2C20H28N2O5.3C2H2O4/c2*1-14-5-3-4-6-19(14)26-8-7-21-10-17(25)13-27-20-15(2)22-9-16(11-23)18(20)12-24;3*3-1(4)2(5)6/h2*3-6,9,17,21,23-25H,7-8,10-13H2,1-2H3;3*(H,3,4)(H,5,6). The van der Waals surface area contributed by atoms with Crippen LogP contribution < -0.4 is 29.6 Å². The Morgan fingerprint density at radius 3 is 1.06 bits per heavy atom. The number of carbonyl (C=O) groups is 6. The predicted octanol–water partition coefficient (Wildman–Crippen LogP) is -0.351. The van der Waals surface area contributed by atoms with Crippen LogP contribution in [-0.4, -0.2) is 172 Å². The van der Waals surface area contributed by atoms with Gasteiger partial charge in [-0.25, -0.2) is 28.8 Å². The summed E-state index contributed by atoms with van der Waals surface area (Å²) < 4.78 is 22.7. The summed E-state index contributed by atoms with van der Waals surface area (Å²) in [4.78, 5) is 62.9. The largest absolute Gasteiger partial charge is 0.492 e. The van der Waals surface area contributed by atoms with Crippen molar-refractivity contribution in [3.8, 4) is 23.0 Å². The zero-order valence-corrected chi connectivity index (χ0v) is 39.8. The van der Waals surface area contributed by atoms with Crippen molar-refractivity contribution in [1.82, 2.24) is 20.6 Å². The molecule has 0 fully saturated rings. The Kier molecular flexibility index (Phi) is 32.6. The Balaban J connectivity index is 0.00000104. The number of aliphatic hydroxyl groups excluding tert-OH is 6. The van der Waals surface area contributed by atoms with E-state index >= 15 is 0 Å². The van der Waals surface area contributed by atoms with Crippen LogP contribution >= 0.6 is 0 Å². The molecule has 4 aromatic rings. The molecule has 0 radical (unpaired) electrons. The molecule has 2 unspecified atom stereocenters. The second-order valence-corrected chi connectivity index (χ2v) is 14.4. The molecule has 0 saturated heterocycles. The minimum absolute atomic E-state index is 0.0516. The van der Waals surface area contributed by atoms with Crippen LogP contribution in [0.5, 0.6) is 23.0 Å². The zero-order valence-electron chi connectivity index (χ0n) is 39.8. The number of para-hydroxylation sites is 2. The summed E-state index contributed by atoms with van der Waals surface area (Å²) in [6, 6.07) is 15.6. The van der Waals surface area contributed by atoms with Gasteiger partial charge in [0.1, 0.15) is 61.6 Å². The summed E-state index contributed by atoms with van der Waals surface area (Å²) in [5, 5.41) is 108.